The summed E-state index contributed by atoms with van der Waals surface area (Å²) >= 11 is 1.25. The minimum Gasteiger partial charge on any atom is -0.416 e. The summed E-state index contributed by atoms with van der Waals surface area (Å²) in [7, 11) is 0. The maximum absolute atomic E-state index is 12.0. The zero-order valence-electron chi connectivity index (χ0n) is 13.6. The molecule has 23 heavy (non-hydrogen) atoms. The van der Waals surface area contributed by atoms with Crippen LogP contribution in [0.1, 0.15) is 29.9 Å². The molecule has 124 valence electrons. The number of aryl methyl sites for hydroxylation is 3. The predicted octanol–water partition coefficient (Wildman–Crippen LogP) is 1.98. The van der Waals surface area contributed by atoms with Gasteiger partial charge in [-0.05, 0) is 43.9 Å². The Morgan fingerprint density at radius 1 is 1.30 bits per heavy atom. The molecule has 7 heteroatoms. The van der Waals surface area contributed by atoms with Crippen LogP contribution in [0.25, 0.3) is 0 Å². The van der Waals surface area contributed by atoms with Crippen LogP contribution in [-0.2, 0) is 11.2 Å². The van der Waals surface area contributed by atoms with Crippen molar-refractivity contribution in [3.8, 4) is 0 Å². The molecular formula is C16H23N4O2S+. The van der Waals surface area contributed by atoms with Gasteiger partial charge in [0.05, 0.1) is 12.3 Å². The normalized spacial score (nSPS) is 10.7. The number of hydrogen-bond acceptors (Lipinski definition) is 5. The van der Waals surface area contributed by atoms with Crippen LogP contribution in [0.2, 0.25) is 0 Å². The first-order valence-electron chi connectivity index (χ1n) is 7.70. The molecule has 2 aromatic rings. The molecule has 0 bridgehead atoms. The number of thioether (sulfide) groups is 1. The van der Waals surface area contributed by atoms with Crippen LogP contribution in [-0.4, -0.2) is 28.4 Å². The summed E-state index contributed by atoms with van der Waals surface area (Å²) in [6, 6.07) is 5.98. The Morgan fingerprint density at radius 2 is 2.13 bits per heavy atom. The van der Waals surface area contributed by atoms with Crippen molar-refractivity contribution < 1.29 is 14.9 Å². The molecule has 0 spiro atoms. The van der Waals surface area contributed by atoms with E-state index in [4.69, 9.17) is 4.42 Å². The number of benzene rings is 1. The van der Waals surface area contributed by atoms with Crippen molar-refractivity contribution in [2.24, 2.45) is 0 Å². The fraction of sp³-hybridized carbons (Fsp3) is 0.438. The number of nitrogens with one attached hydrogen (secondary N) is 1. The van der Waals surface area contributed by atoms with E-state index in [0.717, 1.165) is 42.6 Å². The van der Waals surface area contributed by atoms with Crippen molar-refractivity contribution in [2.45, 2.75) is 38.3 Å². The first kappa shape index (κ1) is 17.5. The summed E-state index contributed by atoms with van der Waals surface area (Å²) < 4.78 is 5.51. The van der Waals surface area contributed by atoms with Crippen LogP contribution >= 0.6 is 11.8 Å². The van der Waals surface area contributed by atoms with Gasteiger partial charge in [-0.15, -0.1) is 10.2 Å². The SMILES string of the molecule is Cc1ccc(C)c(NC(=O)CSc2nnc(CCCC[NH3+])o2)c1. The van der Waals surface area contributed by atoms with Gasteiger partial charge in [0, 0.05) is 12.1 Å². The number of anilines is 1. The molecule has 6 nitrogen and oxygen atoms in total. The zero-order chi connectivity index (χ0) is 16.7. The molecule has 0 aliphatic rings. The molecule has 1 amide bonds. The zero-order valence-corrected chi connectivity index (χ0v) is 14.4. The lowest BCUT2D eigenvalue weighted by Crippen LogP contribution is -2.50. The molecule has 0 aliphatic heterocycles. The van der Waals surface area contributed by atoms with Gasteiger partial charge in [-0.2, -0.15) is 0 Å². The summed E-state index contributed by atoms with van der Waals surface area (Å²) in [5.41, 5.74) is 6.80. The standard InChI is InChI=1S/C16H22N4O2S/c1-11-6-7-12(2)13(9-11)18-14(21)10-23-16-20-19-15(22-16)5-3-4-8-17/h6-7,9H,3-5,8,10,17H2,1-2H3,(H,18,21)/p+1. The molecule has 2 rings (SSSR count). The van der Waals surface area contributed by atoms with Crippen LogP contribution in [0.3, 0.4) is 0 Å². The summed E-state index contributed by atoms with van der Waals surface area (Å²) in [5, 5.41) is 11.3. The van der Waals surface area contributed by atoms with Crippen molar-refractivity contribution >= 4 is 23.4 Å². The quantitative estimate of drug-likeness (QED) is 0.568. The Balaban J connectivity index is 1.81. The van der Waals surface area contributed by atoms with Gasteiger partial charge in [0.2, 0.25) is 11.8 Å². The number of rotatable bonds is 8. The van der Waals surface area contributed by atoms with Gasteiger partial charge in [-0.1, -0.05) is 23.9 Å². The Bertz CT molecular complexity index is 657. The second-order valence-corrected chi connectivity index (χ2v) is 6.35. The number of amides is 1. The van der Waals surface area contributed by atoms with Crippen molar-refractivity contribution in [1.29, 1.82) is 0 Å². The minimum absolute atomic E-state index is 0.0829. The van der Waals surface area contributed by atoms with Gasteiger partial charge in [0.15, 0.2) is 0 Å². The first-order valence-corrected chi connectivity index (χ1v) is 8.68. The van der Waals surface area contributed by atoms with Gasteiger partial charge in [0.1, 0.15) is 0 Å². The molecule has 0 saturated heterocycles. The van der Waals surface area contributed by atoms with Crippen molar-refractivity contribution in [3.63, 3.8) is 0 Å². The number of aromatic nitrogens is 2. The second-order valence-electron chi connectivity index (χ2n) is 5.43. The van der Waals surface area contributed by atoms with E-state index in [1.54, 1.807) is 0 Å². The van der Waals surface area contributed by atoms with Crippen molar-refractivity contribution in [2.75, 3.05) is 17.6 Å². The van der Waals surface area contributed by atoms with Crippen LogP contribution in [0.15, 0.2) is 27.8 Å². The highest BCUT2D eigenvalue weighted by Crippen LogP contribution is 2.19. The lowest BCUT2D eigenvalue weighted by Gasteiger charge is -2.08. The van der Waals surface area contributed by atoms with Crippen molar-refractivity contribution in [3.05, 3.63) is 35.2 Å². The number of unbranched alkanes of at least 4 members (excludes halogenated alkanes) is 1. The highest BCUT2D eigenvalue weighted by Gasteiger charge is 2.10. The molecule has 1 aromatic carbocycles. The van der Waals surface area contributed by atoms with Gasteiger partial charge >= 0.3 is 0 Å². The Morgan fingerprint density at radius 3 is 2.91 bits per heavy atom. The molecular weight excluding hydrogens is 312 g/mol. The van der Waals surface area contributed by atoms with E-state index in [2.05, 4.69) is 21.2 Å². The van der Waals surface area contributed by atoms with E-state index in [-0.39, 0.29) is 11.7 Å². The van der Waals surface area contributed by atoms with E-state index in [1.165, 1.54) is 11.8 Å². The molecule has 0 fully saturated rings. The molecule has 0 unspecified atom stereocenters. The molecule has 0 radical (unpaired) electrons. The Hall–Kier alpha value is -1.86. The third-order valence-corrected chi connectivity index (χ3v) is 4.15. The summed E-state index contributed by atoms with van der Waals surface area (Å²) in [6.07, 6.45) is 2.80. The summed E-state index contributed by atoms with van der Waals surface area (Å²) in [4.78, 5) is 12.0. The maximum Gasteiger partial charge on any atom is 0.277 e. The molecule has 1 heterocycles. The highest BCUT2D eigenvalue weighted by molar-refractivity contribution is 7.99. The fourth-order valence-corrected chi connectivity index (χ4v) is 2.62. The lowest BCUT2D eigenvalue weighted by atomic mass is 10.1. The smallest absolute Gasteiger partial charge is 0.277 e. The van der Waals surface area contributed by atoms with E-state index < -0.39 is 0 Å². The van der Waals surface area contributed by atoms with Gasteiger partial charge in [0.25, 0.3) is 5.22 Å². The topological polar surface area (TPSA) is 95.7 Å². The van der Waals surface area contributed by atoms with Crippen LogP contribution in [0.4, 0.5) is 5.69 Å². The fourth-order valence-electron chi connectivity index (χ4n) is 2.03. The number of nitrogens with zero attached hydrogens (tertiary/aromatic N) is 2. The molecule has 4 N–H and O–H groups in total. The molecule has 0 atom stereocenters. The van der Waals surface area contributed by atoms with Gasteiger partial charge in [-0.3, -0.25) is 4.79 Å². The van der Waals surface area contributed by atoms with Gasteiger partial charge in [-0.25, -0.2) is 0 Å². The van der Waals surface area contributed by atoms with E-state index >= 15 is 0 Å². The van der Waals surface area contributed by atoms with Crippen LogP contribution in [0.5, 0.6) is 0 Å². The lowest BCUT2D eigenvalue weighted by molar-refractivity contribution is -0.368. The van der Waals surface area contributed by atoms with Crippen LogP contribution in [0, 0.1) is 13.8 Å². The minimum atomic E-state index is -0.0829. The molecule has 1 aromatic heterocycles. The predicted molar refractivity (Wildman–Crippen MR) is 90.3 cm³/mol. The Kier molecular flexibility index (Phi) is 6.61. The number of carbonyl (C=O) groups excluding carboxylic acids is 1. The first-order chi connectivity index (χ1) is 11.1. The molecule has 0 aliphatic carbocycles. The van der Waals surface area contributed by atoms with E-state index in [1.807, 2.05) is 32.0 Å². The Labute approximate surface area is 140 Å². The maximum atomic E-state index is 12.0. The number of hydrogen-bond donors (Lipinski definition) is 2. The third-order valence-electron chi connectivity index (χ3n) is 3.33. The van der Waals surface area contributed by atoms with Crippen LogP contribution < -0.4 is 11.1 Å². The average Bonchev–Trinajstić information content (AvgIpc) is 2.97. The molecule has 0 saturated carbocycles. The summed E-state index contributed by atoms with van der Waals surface area (Å²) in [6.45, 7) is 4.88. The monoisotopic (exact) mass is 335 g/mol. The second kappa shape index (κ2) is 8.69. The van der Waals surface area contributed by atoms with Crippen molar-refractivity contribution in [1.82, 2.24) is 10.2 Å². The summed E-state index contributed by atoms with van der Waals surface area (Å²) in [5.74, 6) is 0.782. The largest absolute Gasteiger partial charge is 0.416 e. The third kappa shape index (κ3) is 5.69. The van der Waals surface area contributed by atoms with E-state index in [9.17, 15) is 4.79 Å². The average molecular weight is 335 g/mol. The highest BCUT2D eigenvalue weighted by atomic mass is 32.2. The number of carbonyl (C=O) groups is 1. The van der Waals surface area contributed by atoms with E-state index in [0.29, 0.717) is 11.1 Å². The number of quaternary nitrogens is 1. The van der Waals surface area contributed by atoms with Gasteiger partial charge < -0.3 is 15.5 Å².